The van der Waals surface area contributed by atoms with Crippen molar-refractivity contribution < 1.29 is 8.42 Å². The molecular weight excluding hydrogens is 375 g/mol. The average molecular weight is 388 g/mol. The maximum atomic E-state index is 12.5. The lowest BCUT2D eigenvalue weighted by atomic mass is 10.1. The van der Waals surface area contributed by atoms with Crippen molar-refractivity contribution in [3.8, 4) is 0 Å². The van der Waals surface area contributed by atoms with Gasteiger partial charge >= 0.3 is 0 Å². The first-order valence-electron chi connectivity index (χ1n) is 5.59. The highest BCUT2D eigenvalue weighted by atomic mass is 127. The Kier molecular flexibility index (Phi) is 4.10. The highest BCUT2D eigenvalue weighted by molar-refractivity contribution is 14.1. The van der Waals surface area contributed by atoms with Crippen LogP contribution in [0.5, 0.6) is 0 Å². The lowest BCUT2D eigenvalue weighted by Crippen LogP contribution is -2.20. The fraction of sp³-hybridized carbons (Fsp3) is 0.154. The summed E-state index contributed by atoms with van der Waals surface area (Å²) in [4.78, 5) is 0. The molecule has 0 aliphatic heterocycles. The van der Waals surface area contributed by atoms with Crippen molar-refractivity contribution in [1.82, 2.24) is 9.19 Å². The zero-order valence-corrected chi connectivity index (χ0v) is 13.3. The summed E-state index contributed by atoms with van der Waals surface area (Å²) in [6, 6.07) is 7.36. The number of rotatable bonds is 4. The smallest absolute Gasteiger partial charge is 0.204 e. The number of aromatic nitrogens is 2. The van der Waals surface area contributed by atoms with Gasteiger partial charge in [0.1, 0.15) is 5.25 Å². The number of aryl methyl sites for hydroxylation is 1. The maximum Gasteiger partial charge on any atom is 0.264 e. The Bertz CT molecular complexity index is 690. The molecule has 100 valence electrons. The molecular formula is C13H13IN2O2S. The molecule has 0 amide bonds. The van der Waals surface area contributed by atoms with E-state index in [0.717, 1.165) is 13.2 Å². The second kappa shape index (κ2) is 5.46. The van der Waals surface area contributed by atoms with Gasteiger partial charge in [-0.1, -0.05) is 35.9 Å². The minimum atomic E-state index is -3.61. The summed E-state index contributed by atoms with van der Waals surface area (Å²) in [6.45, 7) is 5.59. The Morgan fingerprint density at radius 3 is 2.47 bits per heavy atom. The van der Waals surface area contributed by atoms with Crippen molar-refractivity contribution >= 4 is 32.6 Å². The molecule has 0 spiro atoms. The monoisotopic (exact) mass is 388 g/mol. The van der Waals surface area contributed by atoms with Crippen LogP contribution in [0.2, 0.25) is 0 Å². The summed E-state index contributed by atoms with van der Waals surface area (Å²) in [6.07, 6.45) is 4.42. The van der Waals surface area contributed by atoms with E-state index < -0.39 is 15.3 Å². The molecule has 0 saturated carbocycles. The van der Waals surface area contributed by atoms with E-state index in [-0.39, 0.29) is 0 Å². The molecule has 0 radical (unpaired) electrons. The minimum Gasteiger partial charge on any atom is -0.204 e. The quantitative estimate of drug-likeness (QED) is 0.598. The molecule has 0 saturated heterocycles. The van der Waals surface area contributed by atoms with Crippen molar-refractivity contribution in [3.63, 3.8) is 0 Å². The van der Waals surface area contributed by atoms with Crippen molar-refractivity contribution in [2.75, 3.05) is 0 Å². The van der Waals surface area contributed by atoms with Crippen LogP contribution in [0.1, 0.15) is 16.4 Å². The summed E-state index contributed by atoms with van der Waals surface area (Å²) in [5.74, 6) is 0. The van der Waals surface area contributed by atoms with Crippen LogP contribution in [0.15, 0.2) is 49.3 Å². The van der Waals surface area contributed by atoms with E-state index in [2.05, 4.69) is 11.7 Å². The first-order chi connectivity index (χ1) is 8.95. The average Bonchev–Trinajstić information content (AvgIpc) is 2.80. The van der Waals surface area contributed by atoms with Gasteiger partial charge in [0.2, 0.25) is 0 Å². The molecule has 2 aromatic rings. The molecule has 0 N–H and O–H groups in total. The van der Waals surface area contributed by atoms with Crippen molar-refractivity contribution in [3.05, 3.63) is 64.0 Å². The highest BCUT2D eigenvalue weighted by Crippen LogP contribution is 2.25. The minimum absolute atomic E-state index is 0.686. The molecule has 1 unspecified atom stereocenters. The van der Waals surface area contributed by atoms with E-state index in [9.17, 15) is 8.42 Å². The zero-order valence-electron chi connectivity index (χ0n) is 10.3. The maximum absolute atomic E-state index is 12.5. The fourth-order valence-corrected chi connectivity index (χ4v) is 3.72. The first-order valence-corrected chi connectivity index (χ1v) is 8.17. The van der Waals surface area contributed by atoms with Gasteiger partial charge in [-0.05, 0) is 35.1 Å². The summed E-state index contributed by atoms with van der Waals surface area (Å²) in [7, 11) is -3.61. The number of hydrogen-bond acceptors (Lipinski definition) is 3. The number of benzene rings is 1. The van der Waals surface area contributed by atoms with E-state index in [1.165, 1.54) is 18.5 Å². The molecule has 1 atom stereocenters. The number of nitrogens with zero attached hydrogens (tertiary/aromatic N) is 2. The van der Waals surface area contributed by atoms with Crippen molar-refractivity contribution in [2.24, 2.45) is 0 Å². The molecule has 1 aromatic carbocycles. The zero-order chi connectivity index (χ0) is 14.0. The molecule has 6 heteroatoms. The molecule has 0 fully saturated rings. The third-order valence-electron chi connectivity index (χ3n) is 2.73. The Morgan fingerprint density at radius 1 is 1.37 bits per heavy atom. The molecule has 4 nitrogen and oxygen atoms in total. The van der Waals surface area contributed by atoms with E-state index in [0.29, 0.717) is 5.56 Å². The molecule has 1 aromatic heterocycles. The normalized spacial score (nSPS) is 13.2. The van der Waals surface area contributed by atoms with Crippen LogP contribution in [0.25, 0.3) is 0 Å². The number of hydrogen-bond donors (Lipinski definition) is 0. The lowest BCUT2D eigenvalue weighted by molar-refractivity contribution is 0.574. The van der Waals surface area contributed by atoms with E-state index in [1.54, 1.807) is 12.1 Å². The predicted molar refractivity (Wildman–Crippen MR) is 83.4 cm³/mol. The summed E-state index contributed by atoms with van der Waals surface area (Å²) in [5, 5.41) is 3.07. The summed E-state index contributed by atoms with van der Waals surface area (Å²) >= 11 is 2.02. The second-order valence-corrected chi connectivity index (χ2v) is 7.30. The first kappa shape index (κ1) is 14.3. The third-order valence-corrected chi connectivity index (χ3v) is 5.11. The Balaban J connectivity index is 2.47. The molecule has 0 aliphatic rings. The van der Waals surface area contributed by atoms with Crippen LogP contribution in [0.3, 0.4) is 0 Å². The van der Waals surface area contributed by atoms with Gasteiger partial charge in [0.15, 0.2) is 0 Å². The van der Waals surface area contributed by atoms with Crippen LogP contribution in [0, 0.1) is 10.5 Å². The van der Waals surface area contributed by atoms with Crippen LogP contribution in [0.4, 0.5) is 0 Å². The SMILES string of the molecule is C=CC(c1ccc(C)cc1)S(=O)(=O)n1cc(I)cn1. The lowest BCUT2D eigenvalue weighted by Gasteiger charge is -2.14. The van der Waals surface area contributed by atoms with Gasteiger partial charge in [0.25, 0.3) is 10.0 Å². The molecule has 0 aliphatic carbocycles. The highest BCUT2D eigenvalue weighted by Gasteiger charge is 2.26. The van der Waals surface area contributed by atoms with Gasteiger partial charge in [-0.2, -0.15) is 9.19 Å². The van der Waals surface area contributed by atoms with Gasteiger partial charge in [-0.25, -0.2) is 8.42 Å². The van der Waals surface area contributed by atoms with Gasteiger partial charge < -0.3 is 0 Å². The Morgan fingerprint density at radius 2 is 2.00 bits per heavy atom. The Hall–Kier alpha value is -1.15. The third kappa shape index (κ3) is 2.89. The second-order valence-electron chi connectivity index (χ2n) is 4.14. The molecule has 2 rings (SSSR count). The molecule has 1 heterocycles. The standard InChI is InChI=1S/C13H13IN2O2S/c1-3-13(11-6-4-10(2)5-7-11)19(17,18)16-9-12(14)8-15-16/h3-9,13H,1H2,2H3. The fourth-order valence-electron chi connectivity index (χ4n) is 1.73. The predicted octanol–water partition coefficient (Wildman–Crippen LogP) is 2.90. The van der Waals surface area contributed by atoms with Crippen LogP contribution < -0.4 is 0 Å². The van der Waals surface area contributed by atoms with Crippen molar-refractivity contribution in [2.45, 2.75) is 12.2 Å². The van der Waals surface area contributed by atoms with Gasteiger partial charge in [-0.3, -0.25) is 0 Å². The summed E-state index contributed by atoms with van der Waals surface area (Å²) < 4.78 is 26.7. The summed E-state index contributed by atoms with van der Waals surface area (Å²) in [5.41, 5.74) is 1.77. The van der Waals surface area contributed by atoms with E-state index in [4.69, 9.17) is 0 Å². The van der Waals surface area contributed by atoms with Crippen LogP contribution in [-0.2, 0) is 10.0 Å². The topological polar surface area (TPSA) is 52.0 Å². The molecule has 0 bridgehead atoms. The van der Waals surface area contributed by atoms with Crippen molar-refractivity contribution in [1.29, 1.82) is 0 Å². The molecule has 19 heavy (non-hydrogen) atoms. The van der Waals surface area contributed by atoms with Crippen LogP contribution >= 0.6 is 22.6 Å². The Labute approximate surface area is 126 Å². The van der Waals surface area contributed by atoms with E-state index in [1.807, 2.05) is 41.6 Å². The number of halogens is 1. The van der Waals surface area contributed by atoms with Gasteiger partial charge in [-0.15, -0.1) is 6.58 Å². The van der Waals surface area contributed by atoms with E-state index >= 15 is 0 Å². The van der Waals surface area contributed by atoms with Crippen LogP contribution in [-0.4, -0.2) is 17.6 Å². The van der Waals surface area contributed by atoms with Gasteiger partial charge in [0, 0.05) is 0 Å². The van der Waals surface area contributed by atoms with Gasteiger partial charge in [0.05, 0.1) is 16.0 Å². The largest absolute Gasteiger partial charge is 0.264 e.